The summed E-state index contributed by atoms with van der Waals surface area (Å²) >= 11 is 12.8. The van der Waals surface area contributed by atoms with Gasteiger partial charge in [-0.1, -0.05) is 29.3 Å². The number of piperazine rings is 1. The summed E-state index contributed by atoms with van der Waals surface area (Å²) in [4.78, 5) is 15.6. The van der Waals surface area contributed by atoms with E-state index < -0.39 is 5.79 Å². The number of benzene rings is 2. The number of nitrogens with one attached hydrogen (secondary N) is 3. The molecule has 2 aromatic carbocycles. The Kier molecular flexibility index (Phi) is 8.07. The van der Waals surface area contributed by atoms with Crippen molar-refractivity contribution < 1.29 is 4.74 Å². The number of fused-ring (bicyclic) bond motifs is 1. The van der Waals surface area contributed by atoms with E-state index in [2.05, 4.69) is 49.5 Å². The smallest absolute Gasteiger partial charge is 0.194 e. The lowest BCUT2D eigenvalue weighted by atomic mass is 9.99. The van der Waals surface area contributed by atoms with Crippen molar-refractivity contribution in [3.05, 3.63) is 75.5 Å². The highest BCUT2D eigenvalue weighted by Gasteiger charge is 2.38. The normalized spacial score (nSPS) is 23.2. The van der Waals surface area contributed by atoms with Gasteiger partial charge in [-0.15, -0.1) is 0 Å². The topological polar surface area (TPSA) is 97.2 Å². The third-order valence-corrected chi connectivity index (χ3v) is 9.29. The zero-order valence-corrected chi connectivity index (χ0v) is 25.1. The maximum atomic E-state index is 7.02. The Morgan fingerprint density at radius 3 is 2.44 bits per heavy atom. The van der Waals surface area contributed by atoms with Crippen LogP contribution in [-0.4, -0.2) is 80.1 Å². The van der Waals surface area contributed by atoms with E-state index in [1.165, 1.54) is 25.9 Å². The standard InChI is InChI=1S/C30H38Cl2N8O/c1-38-14-16-40(17-15-38)20-9-12-39(13-10-20)21-6-7-23(27(18-21)41-2)30(33)36-26-8-11-34-28(26)29(37-30)35-19-22-24(31)4-3-5-25(22)32/h3-8,11,18,20,34,36H,9-10,12-17,19,33H2,1-2H3,(H,35,37). The number of likely N-dealkylation sites (N-methyl/N-ethyl adjacent to an activating group) is 1. The summed E-state index contributed by atoms with van der Waals surface area (Å²) in [6.45, 7) is 7.01. The molecule has 41 heavy (non-hydrogen) atoms. The van der Waals surface area contributed by atoms with E-state index >= 15 is 0 Å². The summed E-state index contributed by atoms with van der Waals surface area (Å²) < 4.78 is 5.90. The fourth-order valence-electron chi connectivity index (χ4n) is 6.14. The zero-order chi connectivity index (χ0) is 28.6. The van der Waals surface area contributed by atoms with Gasteiger partial charge in [0.25, 0.3) is 0 Å². The van der Waals surface area contributed by atoms with Crippen molar-refractivity contribution in [2.24, 2.45) is 10.7 Å². The molecule has 1 aromatic heterocycles. The number of piperidine rings is 1. The number of aromatic amines is 1. The van der Waals surface area contributed by atoms with Crippen molar-refractivity contribution in [2.45, 2.75) is 31.2 Å². The lowest BCUT2D eigenvalue weighted by molar-refractivity contribution is 0.0982. The van der Waals surface area contributed by atoms with Crippen LogP contribution in [0.5, 0.6) is 5.75 Å². The third kappa shape index (κ3) is 5.74. The molecule has 0 bridgehead atoms. The number of H-pyrrole nitrogens is 1. The molecule has 3 aliphatic rings. The molecule has 0 saturated carbocycles. The Morgan fingerprint density at radius 2 is 1.73 bits per heavy atom. The Balaban J connectivity index is 1.21. The van der Waals surface area contributed by atoms with Crippen molar-refractivity contribution in [1.29, 1.82) is 0 Å². The number of aromatic nitrogens is 1. The first kappa shape index (κ1) is 28.2. The first-order valence-corrected chi connectivity index (χ1v) is 15.0. The van der Waals surface area contributed by atoms with Gasteiger partial charge in [0.2, 0.25) is 0 Å². The number of anilines is 2. The quantitative estimate of drug-likeness (QED) is 0.337. The van der Waals surface area contributed by atoms with Gasteiger partial charge in [0.15, 0.2) is 11.6 Å². The van der Waals surface area contributed by atoms with Gasteiger partial charge in [-0.05, 0) is 50.2 Å². The van der Waals surface area contributed by atoms with Gasteiger partial charge < -0.3 is 30.2 Å². The highest BCUT2D eigenvalue weighted by Crippen LogP contribution is 2.36. The van der Waals surface area contributed by atoms with E-state index in [-0.39, 0.29) is 0 Å². The molecule has 0 amide bonds. The van der Waals surface area contributed by atoms with Gasteiger partial charge >= 0.3 is 0 Å². The maximum Gasteiger partial charge on any atom is 0.194 e. The fraction of sp³-hybridized carbons (Fsp3) is 0.433. The number of hydrogen-bond donors (Lipinski definition) is 4. The molecule has 1 atom stereocenters. The number of halogens is 2. The molecule has 218 valence electrons. The van der Waals surface area contributed by atoms with Crippen LogP contribution in [0.25, 0.3) is 0 Å². The van der Waals surface area contributed by atoms with Crippen LogP contribution in [0, 0.1) is 0 Å². The van der Waals surface area contributed by atoms with Gasteiger partial charge in [-0.3, -0.25) is 15.6 Å². The zero-order valence-electron chi connectivity index (χ0n) is 23.6. The van der Waals surface area contributed by atoms with E-state index in [9.17, 15) is 0 Å². The number of aliphatic imine (C=N–C) groups is 1. The Hall–Kier alpha value is -2.95. The number of ether oxygens (including phenoxy) is 1. The summed E-state index contributed by atoms with van der Waals surface area (Å²) in [5.74, 6) is 0.161. The summed E-state index contributed by atoms with van der Waals surface area (Å²) in [6.07, 6.45) is 4.20. The Morgan fingerprint density at radius 1 is 1.00 bits per heavy atom. The molecule has 0 radical (unpaired) electrons. The minimum atomic E-state index is -1.16. The number of amidine groups is 1. The predicted octanol–water partition coefficient (Wildman–Crippen LogP) is 4.28. The fourth-order valence-corrected chi connectivity index (χ4v) is 6.65. The lowest BCUT2D eigenvalue weighted by Crippen LogP contribution is -2.61. The van der Waals surface area contributed by atoms with Crippen LogP contribution in [0.1, 0.15) is 29.7 Å². The van der Waals surface area contributed by atoms with Gasteiger partial charge in [0.05, 0.1) is 24.9 Å². The molecule has 11 heteroatoms. The summed E-state index contributed by atoms with van der Waals surface area (Å²) in [5, 5.41) is 8.00. The molecule has 0 aliphatic carbocycles. The molecular weight excluding hydrogens is 559 g/mol. The van der Waals surface area contributed by atoms with Crippen LogP contribution in [0.2, 0.25) is 10.0 Å². The highest BCUT2D eigenvalue weighted by molar-refractivity contribution is 6.36. The van der Waals surface area contributed by atoms with Crippen molar-refractivity contribution in [3.8, 4) is 5.75 Å². The molecular formula is C30H38Cl2N8O. The van der Waals surface area contributed by atoms with E-state index in [4.69, 9.17) is 38.7 Å². The number of nitrogens with zero attached hydrogens (tertiary/aromatic N) is 4. The minimum Gasteiger partial charge on any atom is -0.496 e. The number of nitrogens with two attached hydrogens (primary N) is 1. The van der Waals surface area contributed by atoms with Crippen molar-refractivity contribution in [1.82, 2.24) is 20.1 Å². The molecule has 3 aromatic rings. The first-order chi connectivity index (χ1) is 19.8. The Labute approximate surface area is 251 Å². The predicted molar refractivity (Wildman–Crippen MR) is 167 cm³/mol. The molecule has 4 heterocycles. The average Bonchev–Trinajstić information content (AvgIpc) is 3.45. The van der Waals surface area contributed by atoms with E-state index in [1.54, 1.807) is 7.11 Å². The largest absolute Gasteiger partial charge is 0.496 e. The van der Waals surface area contributed by atoms with Crippen molar-refractivity contribution >= 4 is 40.4 Å². The van der Waals surface area contributed by atoms with Crippen molar-refractivity contribution in [3.63, 3.8) is 0 Å². The number of methoxy groups -OCH3 is 1. The van der Waals surface area contributed by atoms with Crippen LogP contribution in [-0.2, 0) is 12.3 Å². The third-order valence-electron chi connectivity index (χ3n) is 8.58. The maximum absolute atomic E-state index is 7.02. The minimum absolute atomic E-state index is 0.301. The van der Waals surface area contributed by atoms with E-state index in [0.29, 0.717) is 34.2 Å². The summed E-state index contributed by atoms with van der Waals surface area (Å²) in [6, 6.07) is 14.3. The second-order valence-corrected chi connectivity index (χ2v) is 11.9. The van der Waals surface area contributed by atoms with Crippen LogP contribution in [0.4, 0.5) is 11.4 Å². The van der Waals surface area contributed by atoms with Crippen LogP contribution in [0.3, 0.4) is 0 Å². The molecule has 2 fully saturated rings. The van der Waals surface area contributed by atoms with Gasteiger partial charge in [0, 0.05) is 78.9 Å². The van der Waals surface area contributed by atoms with Crippen LogP contribution < -0.4 is 26.0 Å². The molecule has 6 rings (SSSR count). The molecule has 0 spiro atoms. The monoisotopic (exact) mass is 596 g/mol. The second kappa shape index (κ2) is 11.7. The van der Waals surface area contributed by atoms with E-state index in [0.717, 1.165) is 54.4 Å². The first-order valence-electron chi connectivity index (χ1n) is 14.2. The van der Waals surface area contributed by atoms with Crippen LogP contribution in [0.15, 0.2) is 53.7 Å². The van der Waals surface area contributed by atoms with E-state index in [1.807, 2.05) is 36.5 Å². The molecule has 2 saturated heterocycles. The van der Waals surface area contributed by atoms with Crippen LogP contribution >= 0.6 is 23.2 Å². The summed E-state index contributed by atoms with van der Waals surface area (Å²) in [7, 11) is 3.90. The molecule has 3 aliphatic heterocycles. The average molecular weight is 598 g/mol. The van der Waals surface area contributed by atoms with Gasteiger partial charge in [0.1, 0.15) is 11.4 Å². The number of rotatable bonds is 6. The SMILES string of the molecule is COc1cc(N2CCC(N3CCN(C)CC3)CC2)ccc1C1(N)NC(=NCc2c(Cl)cccc2Cl)c2[nH]ccc2N1. The Bertz CT molecular complexity index is 1390. The highest BCUT2D eigenvalue weighted by atomic mass is 35.5. The second-order valence-electron chi connectivity index (χ2n) is 11.1. The number of hydrogen-bond acceptors (Lipinski definition) is 7. The van der Waals surface area contributed by atoms with Gasteiger partial charge in [-0.25, -0.2) is 0 Å². The summed E-state index contributed by atoms with van der Waals surface area (Å²) in [5.41, 5.74) is 11.4. The van der Waals surface area contributed by atoms with Crippen molar-refractivity contribution in [2.75, 3.05) is 63.6 Å². The molecule has 1 unspecified atom stereocenters. The molecule has 9 nitrogen and oxygen atoms in total. The molecule has 5 N–H and O–H groups in total. The lowest BCUT2D eigenvalue weighted by Gasteiger charge is -2.43. The van der Waals surface area contributed by atoms with Gasteiger partial charge in [-0.2, -0.15) is 0 Å².